The van der Waals surface area contributed by atoms with E-state index in [2.05, 4.69) is 52.1 Å². The highest BCUT2D eigenvalue weighted by atomic mass is 28.4. The molecule has 0 spiro atoms. The number of carbonyl (C=O) groups excluding carboxylic acids is 1. The fourth-order valence-corrected chi connectivity index (χ4v) is 5.67. The van der Waals surface area contributed by atoms with Gasteiger partial charge in [-0.1, -0.05) is 81.4 Å². The second kappa shape index (κ2) is 8.89. The lowest BCUT2D eigenvalue weighted by atomic mass is 9.80. The molecule has 1 saturated heterocycles. The smallest absolute Gasteiger partial charge is 0.411 e. The van der Waals surface area contributed by atoms with Crippen LogP contribution in [0.15, 0.2) is 72.5 Å². The van der Waals surface area contributed by atoms with Gasteiger partial charge in [0.05, 0.1) is 6.04 Å². The standard InChI is InChI=1S/C28H37NO4Si/c1-8-31-28(5)22(19-23(28)33-34(6,7)27(2,3)4)29-24(20-15-11-9-12-16-20)25(32-26(29)30)21-17-13-10-14-18-21/h9-19,22,24-25H,8H2,1-7H3/t22-,24-,25+,28+/m1/s1. The topological polar surface area (TPSA) is 48.0 Å². The minimum Gasteiger partial charge on any atom is -0.544 e. The first-order chi connectivity index (χ1) is 16.0. The van der Waals surface area contributed by atoms with Gasteiger partial charge in [-0.3, -0.25) is 4.90 Å². The molecule has 2 aromatic carbocycles. The third kappa shape index (κ3) is 4.18. The zero-order chi connectivity index (χ0) is 24.7. The monoisotopic (exact) mass is 479 g/mol. The van der Waals surface area contributed by atoms with Gasteiger partial charge in [-0.25, -0.2) is 4.79 Å². The minimum absolute atomic E-state index is 0.0591. The van der Waals surface area contributed by atoms with E-state index in [1.807, 2.05) is 67.3 Å². The van der Waals surface area contributed by atoms with Crippen LogP contribution in [0.3, 0.4) is 0 Å². The van der Waals surface area contributed by atoms with Gasteiger partial charge in [0.25, 0.3) is 0 Å². The largest absolute Gasteiger partial charge is 0.544 e. The molecule has 0 N–H and O–H groups in total. The Bertz CT molecular complexity index is 1050. The van der Waals surface area contributed by atoms with Crippen molar-refractivity contribution >= 4 is 14.4 Å². The SMILES string of the molecule is CCO[C@]1(C)C(O[Si](C)(C)C(C)(C)C)=C[C@H]1N1C(=O)O[C@@H](c2ccccc2)[C@H]1c1ccccc1. The molecule has 4 atom stereocenters. The molecule has 5 nitrogen and oxygen atoms in total. The van der Waals surface area contributed by atoms with E-state index in [-0.39, 0.29) is 23.2 Å². The number of carbonyl (C=O) groups is 1. The molecule has 182 valence electrons. The summed E-state index contributed by atoms with van der Waals surface area (Å²) in [7, 11) is -2.07. The molecular formula is C28H37NO4Si. The van der Waals surface area contributed by atoms with Crippen molar-refractivity contribution in [2.24, 2.45) is 0 Å². The summed E-state index contributed by atoms with van der Waals surface area (Å²) in [6, 6.07) is 19.5. The van der Waals surface area contributed by atoms with E-state index in [1.54, 1.807) is 0 Å². The molecular weight excluding hydrogens is 442 g/mol. The fraction of sp³-hybridized carbons (Fsp3) is 0.464. The number of cyclic esters (lactones) is 1. The fourth-order valence-electron chi connectivity index (χ4n) is 4.54. The van der Waals surface area contributed by atoms with E-state index < -0.39 is 20.0 Å². The molecule has 0 radical (unpaired) electrons. The molecule has 0 aromatic heterocycles. The van der Waals surface area contributed by atoms with Crippen LogP contribution >= 0.6 is 0 Å². The first-order valence-electron chi connectivity index (χ1n) is 12.1. The van der Waals surface area contributed by atoms with Crippen LogP contribution in [0.4, 0.5) is 4.79 Å². The van der Waals surface area contributed by atoms with Crippen molar-refractivity contribution in [1.82, 2.24) is 4.90 Å². The van der Waals surface area contributed by atoms with Crippen molar-refractivity contribution in [3.8, 4) is 0 Å². The summed E-state index contributed by atoms with van der Waals surface area (Å²) in [6.07, 6.45) is 1.32. The third-order valence-electron chi connectivity index (χ3n) is 7.57. The quantitative estimate of drug-likeness (QED) is 0.401. The van der Waals surface area contributed by atoms with Crippen molar-refractivity contribution in [2.75, 3.05) is 6.61 Å². The summed E-state index contributed by atoms with van der Waals surface area (Å²) in [4.78, 5) is 15.3. The molecule has 1 aliphatic carbocycles. The molecule has 1 aliphatic heterocycles. The molecule has 0 saturated carbocycles. The Labute approximate surface area is 204 Å². The summed E-state index contributed by atoms with van der Waals surface area (Å²) in [6.45, 7) is 15.7. The molecule has 1 heterocycles. The average Bonchev–Trinajstić information content (AvgIpc) is 3.13. The maximum Gasteiger partial charge on any atom is 0.411 e. The normalized spacial score (nSPS) is 27.1. The number of hydrogen-bond acceptors (Lipinski definition) is 4. The molecule has 2 aromatic rings. The third-order valence-corrected chi connectivity index (χ3v) is 11.9. The predicted molar refractivity (Wildman–Crippen MR) is 137 cm³/mol. The molecule has 0 unspecified atom stereocenters. The molecule has 4 rings (SSSR count). The number of nitrogens with zero attached hydrogens (tertiary/aromatic N) is 1. The molecule has 34 heavy (non-hydrogen) atoms. The van der Waals surface area contributed by atoms with E-state index >= 15 is 0 Å². The first-order valence-corrected chi connectivity index (χ1v) is 15.0. The van der Waals surface area contributed by atoms with Gasteiger partial charge in [0, 0.05) is 6.61 Å². The molecule has 0 bridgehead atoms. The summed E-state index contributed by atoms with van der Waals surface area (Å²) in [5.74, 6) is 0.828. The second-order valence-electron chi connectivity index (χ2n) is 10.9. The highest BCUT2D eigenvalue weighted by molar-refractivity contribution is 6.74. The van der Waals surface area contributed by atoms with Gasteiger partial charge < -0.3 is 13.9 Å². The predicted octanol–water partition coefficient (Wildman–Crippen LogP) is 7.00. The van der Waals surface area contributed by atoms with Gasteiger partial charge in [-0.05, 0) is 49.2 Å². The van der Waals surface area contributed by atoms with Crippen LogP contribution in [0.5, 0.6) is 0 Å². The van der Waals surface area contributed by atoms with Crippen molar-refractivity contribution in [3.63, 3.8) is 0 Å². The van der Waals surface area contributed by atoms with Crippen LogP contribution in [0.2, 0.25) is 18.1 Å². The van der Waals surface area contributed by atoms with Crippen LogP contribution in [0, 0.1) is 0 Å². The van der Waals surface area contributed by atoms with E-state index in [9.17, 15) is 4.79 Å². The van der Waals surface area contributed by atoms with Gasteiger partial charge in [-0.2, -0.15) is 0 Å². The van der Waals surface area contributed by atoms with Crippen LogP contribution in [0.25, 0.3) is 0 Å². The Morgan fingerprint density at radius 3 is 2.09 bits per heavy atom. The lowest BCUT2D eigenvalue weighted by Crippen LogP contribution is -2.62. The van der Waals surface area contributed by atoms with Gasteiger partial charge in [0.1, 0.15) is 17.4 Å². The van der Waals surface area contributed by atoms with Crippen molar-refractivity contribution in [3.05, 3.63) is 83.6 Å². The summed E-state index contributed by atoms with van der Waals surface area (Å²) in [5, 5.41) is 0.0591. The Balaban J connectivity index is 1.75. The number of hydrogen-bond donors (Lipinski definition) is 0. The zero-order valence-corrected chi connectivity index (χ0v) is 22.4. The van der Waals surface area contributed by atoms with Gasteiger partial charge in [0.15, 0.2) is 6.10 Å². The van der Waals surface area contributed by atoms with Crippen LogP contribution < -0.4 is 0 Å². The van der Waals surface area contributed by atoms with Crippen molar-refractivity contribution < 1.29 is 18.7 Å². The highest BCUT2D eigenvalue weighted by Crippen LogP contribution is 2.52. The van der Waals surface area contributed by atoms with Gasteiger partial charge >= 0.3 is 6.09 Å². The molecule has 2 aliphatic rings. The lowest BCUT2D eigenvalue weighted by molar-refractivity contribution is -0.0849. The second-order valence-corrected chi connectivity index (χ2v) is 15.6. The number of ether oxygens (including phenoxy) is 2. The number of amides is 1. The van der Waals surface area contributed by atoms with E-state index in [1.165, 1.54) is 0 Å². The Hall–Kier alpha value is -2.57. The number of benzene rings is 2. The van der Waals surface area contributed by atoms with Crippen molar-refractivity contribution in [1.29, 1.82) is 0 Å². The van der Waals surface area contributed by atoms with Gasteiger partial charge in [0.2, 0.25) is 8.32 Å². The molecule has 1 fully saturated rings. The van der Waals surface area contributed by atoms with Crippen LogP contribution in [-0.2, 0) is 13.9 Å². The van der Waals surface area contributed by atoms with E-state index in [0.29, 0.717) is 6.61 Å². The lowest BCUT2D eigenvalue weighted by Gasteiger charge is -2.52. The maximum atomic E-state index is 13.4. The Morgan fingerprint density at radius 2 is 1.56 bits per heavy atom. The number of rotatable bonds is 7. The Kier molecular flexibility index (Phi) is 6.42. The molecule has 6 heteroatoms. The van der Waals surface area contributed by atoms with E-state index in [4.69, 9.17) is 13.9 Å². The summed E-state index contributed by atoms with van der Waals surface area (Å²) in [5.41, 5.74) is 1.28. The molecule has 1 amide bonds. The van der Waals surface area contributed by atoms with Crippen LogP contribution in [0.1, 0.15) is 57.9 Å². The summed E-state index contributed by atoms with van der Waals surface area (Å²) >= 11 is 0. The average molecular weight is 480 g/mol. The zero-order valence-electron chi connectivity index (χ0n) is 21.4. The Morgan fingerprint density at radius 1 is 1.00 bits per heavy atom. The minimum atomic E-state index is -2.07. The van der Waals surface area contributed by atoms with Crippen molar-refractivity contribution in [2.45, 2.75) is 76.5 Å². The first kappa shape index (κ1) is 24.5. The van der Waals surface area contributed by atoms with Crippen LogP contribution in [-0.4, -0.2) is 37.6 Å². The highest BCUT2D eigenvalue weighted by Gasteiger charge is 2.59. The summed E-state index contributed by atoms with van der Waals surface area (Å²) < 4.78 is 19.0. The van der Waals surface area contributed by atoms with E-state index in [0.717, 1.165) is 16.9 Å². The van der Waals surface area contributed by atoms with Gasteiger partial charge in [-0.15, -0.1) is 0 Å². The maximum absolute atomic E-state index is 13.4.